The van der Waals surface area contributed by atoms with Gasteiger partial charge >= 0.3 is 0 Å². The van der Waals surface area contributed by atoms with E-state index in [-0.39, 0.29) is 0 Å². The Bertz CT molecular complexity index is 330. The van der Waals surface area contributed by atoms with Crippen LogP contribution in [0.4, 0.5) is 5.69 Å². The fraction of sp³-hybridized carbons (Fsp3) is 0. The summed E-state index contributed by atoms with van der Waals surface area (Å²) in [6.07, 6.45) is 0. The molecule has 1 aromatic rings. The molecule has 0 unspecified atom stereocenters. The van der Waals surface area contributed by atoms with Crippen molar-refractivity contribution in [3.63, 3.8) is 0 Å². The molecule has 0 aliphatic rings. The summed E-state index contributed by atoms with van der Waals surface area (Å²) in [5.41, 5.74) is 6.50. The van der Waals surface area contributed by atoms with E-state index in [1.54, 1.807) is 12.1 Å². The summed E-state index contributed by atoms with van der Waals surface area (Å²) in [4.78, 5) is 0. The summed E-state index contributed by atoms with van der Waals surface area (Å²) in [5.74, 6) is 0. The van der Waals surface area contributed by atoms with E-state index in [2.05, 4.69) is 0 Å². The van der Waals surface area contributed by atoms with Crippen LogP contribution in [-0.4, -0.2) is 0 Å². The number of hydrogen-bond acceptors (Lipinski definition) is 2. The molecule has 2 N–H and O–H groups in total. The predicted molar refractivity (Wildman–Crippen MR) is 53.3 cm³/mol. The van der Waals surface area contributed by atoms with Crippen LogP contribution in [0.1, 0.15) is 5.56 Å². The molecule has 0 aliphatic heterocycles. The van der Waals surface area contributed by atoms with Crippen LogP contribution in [0.25, 0.3) is 0 Å². The van der Waals surface area contributed by atoms with Gasteiger partial charge in [-0.15, -0.1) is 0 Å². The minimum absolute atomic E-state index is 0.432. The molecule has 1 aromatic carbocycles. The topological polar surface area (TPSA) is 49.8 Å². The average Bonchev–Trinajstić information content (AvgIpc) is 1.96. The molecule has 11 heavy (non-hydrogen) atoms. The zero-order valence-corrected chi connectivity index (χ0v) is 8.35. The molecule has 4 heteroatoms. The second kappa shape index (κ2) is 3.28. The molecule has 56 valence electrons. The maximum Gasteiger partial charge on any atom is 0.101 e. The number of anilines is 1. The summed E-state index contributed by atoms with van der Waals surface area (Å²) in [6, 6.07) is 5.24. The molecular formula is C7H4ClIN2. The van der Waals surface area contributed by atoms with Gasteiger partial charge in [0.1, 0.15) is 6.07 Å². The van der Waals surface area contributed by atoms with Gasteiger partial charge in [0.05, 0.1) is 11.3 Å². The summed E-state index contributed by atoms with van der Waals surface area (Å²) in [5, 5.41) is 9.12. The standard InChI is InChI=1S/C7H4ClIN2/c8-5-1-4(3-10)7(11)6(9)2-5/h1-2H,11H2. The highest BCUT2D eigenvalue weighted by Gasteiger charge is 2.03. The van der Waals surface area contributed by atoms with Crippen LogP contribution in [0.15, 0.2) is 12.1 Å². The van der Waals surface area contributed by atoms with E-state index in [0.717, 1.165) is 3.57 Å². The van der Waals surface area contributed by atoms with Crippen molar-refractivity contribution in [2.75, 3.05) is 5.73 Å². The van der Waals surface area contributed by atoms with E-state index in [4.69, 9.17) is 22.6 Å². The van der Waals surface area contributed by atoms with Crippen LogP contribution in [0.3, 0.4) is 0 Å². The van der Waals surface area contributed by atoms with Gasteiger partial charge in [0, 0.05) is 8.59 Å². The molecule has 0 spiro atoms. The minimum Gasteiger partial charge on any atom is -0.397 e. The highest BCUT2D eigenvalue weighted by molar-refractivity contribution is 14.1. The number of rotatable bonds is 0. The number of benzene rings is 1. The second-order valence-electron chi connectivity index (χ2n) is 1.96. The molecule has 0 atom stereocenters. The van der Waals surface area contributed by atoms with E-state index >= 15 is 0 Å². The van der Waals surface area contributed by atoms with E-state index in [9.17, 15) is 0 Å². The van der Waals surface area contributed by atoms with Crippen LogP contribution in [0.2, 0.25) is 5.02 Å². The highest BCUT2D eigenvalue weighted by Crippen LogP contribution is 2.23. The Hall–Kier alpha value is -0.470. The van der Waals surface area contributed by atoms with Gasteiger partial charge in [0.15, 0.2) is 0 Å². The van der Waals surface area contributed by atoms with Crippen molar-refractivity contribution in [1.82, 2.24) is 0 Å². The monoisotopic (exact) mass is 278 g/mol. The quantitative estimate of drug-likeness (QED) is 0.585. The van der Waals surface area contributed by atoms with Gasteiger partial charge in [0.2, 0.25) is 0 Å². The largest absolute Gasteiger partial charge is 0.397 e. The smallest absolute Gasteiger partial charge is 0.101 e. The lowest BCUT2D eigenvalue weighted by molar-refractivity contribution is 1.47. The Kier molecular flexibility index (Phi) is 2.58. The Labute approximate surface area is 83.1 Å². The third kappa shape index (κ3) is 1.76. The molecule has 1 rings (SSSR count). The zero-order valence-electron chi connectivity index (χ0n) is 5.44. The molecule has 0 bridgehead atoms. The highest BCUT2D eigenvalue weighted by atomic mass is 127. The first kappa shape index (κ1) is 8.62. The maximum atomic E-state index is 8.58. The maximum absolute atomic E-state index is 8.58. The van der Waals surface area contributed by atoms with Crippen molar-refractivity contribution in [2.45, 2.75) is 0 Å². The first-order chi connectivity index (χ1) is 5.15. The minimum atomic E-state index is 0.432. The van der Waals surface area contributed by atoms with Gasteiger partial charge in [-0.3, -0.25) is 0 Å². The van der Waals surface area contributed by atoms with Crippen molar-refractivity contribution in [2.24, 2.45) is 0 Å². The van der Waals surface area contributed by atoms with E-state index in [1.807, 2.05) is 28.7 Å². The number of nitriles is 1. The predicted octanol–water partition coefficient (Wildman–Crippen LogP) is 2.40. The second-order valence-corrected chi connectivity index (χ2v) is 3.56. The van der Waals surface area contributed by atoms with E-state index in [1.165, 1.54) is 0 Å². The van der Waals surface area contributed by atoms with Crippen LogP contribution in [0, 0.1) is 14.9 Å². The molecule has 2 nitrogen and oxygen atoms in total. The number of nitrogens with zero attached hydrogens (tertiary/aromatic N) is 1. The number of hydrogen-bond donors (Lipinski definition) is 1. The lowest BCUT2D eigenvalue weighted by Crippen LogP contribution is -1.93. The van der Waals surface area contributed by atoms with Gasteiger partial charge in [-0.1, -0.05) is 11.6 Å². The van der Waals surface area contributed by atoms with Gasteiger partial charge in [-0.2, -0.15) is 5.26 Å². The number of nitrogen functional groups attached to an aromatic ring is 1. The summed E-state index contributed by atoms with van der Waals surface area (Å²) < 4.78 is 0.812. The first-order valence-electron chi connectivity index (χ1n) is 2.79. The summed E-state index contributed by atoms with van der Waals surface area (Å²) in [7, 11) is 0. The van der Waals surface area contributed by atoms with Crippen molar-refractivity contribution in [3.8, 4) is 6.07 Å². The molecular weight excluding hydrogens is 274 g/mol. The fourth-order valence-electron chi connectivity index (χ4n) is 0.677. The van der Waals surface area contributed by atoms with Gasteiger partial charge < -0.3 is 5.73 Å². The van der Waals surface area contributed by atoms with E-state index < -0.39 is 0 Å². The molecule has 0 heterocycles. The third-order valence-corrected chi connectivity index (χ3v) is 2.33. The van der Waals surface area contributed by atoms with Crippen molar-refractivity contribution in [1.29, 1.82) is 5.26 Å². The lowest BCUT2D eigenvalue weighted by Gasteiger charge is -2.00. The fourth-order valence-corrected chi connectivity index (χ4v) is 1.71. The van der Waals surface area contributed by atoms with Crippen molar-refractivity contribution in [3.05, 3.63) is 26.3 Å². The lowest BCUT2D eigenvalue weighted by atomic mass is 10.2. The first-order valence-corrected chi connectivity index (χ1v) is 4.25. The molecule has 0 fully saturated rings. The molecule has 0 saturated heterocycles. The van der Waals surface area contributed by atoms with Crippen LogP contribution >= 0.6 is 34.2 Å². The Morgan fingerprint density at radius 2 is 2.18 bits per heavy atom. The van der Waals surface area contributed by atoms with Gasteiger partial charge in [0.25, 0.3) is 0 Å². The zero-order chi connectivity index (χ0) is 8.43. The molecule has 0 amide bonds. The Balaban J connectivity index is 3.39. The average molecular weight is 278 g/mol. The van der Waals surface area contributed by atoms with E-state index in [0.29, 0.717) is 16.3 Å². The molecule has 0 saturated carbocycles. The molecule has 0 aliphatic carbocycles. The normalized spacial score (nSPS) is 9.18. The van der Waals surface area contributed by atoms with Crippen LogP contribution in [0.5, 0.6) is 0 Å². The van der Waals surface area contributed by atoms with Crippen LogP contribution < -0.4 is 5.73 Å². The Morgan fingerprint density at radius 1 is 1.55 bits per heavy atom. The van der Waals surface area contributed by atoms with Gasteiger partial charge in [-0.25, -0.2) is 0 Å². The SMILES string of the molecule is N#Cc1cc(Cl)cc(I)c1N. The third-order valence-electron chi connectivity index (χ3n) is 1.21. The van der Waals surface area contributed by atoms with Crippen molar-refractivity contribution < 1.29 is 0 Å². The van der Waals surface area contributed by atoms with Gasteiger partial charge in [-0.05, 0) is 34.7 Å². The summed E-state index contributed by atoms with van der Waals surface area (Å²) in [6.45, 7) is 0. The number of nitrogens with two attached hydrogens (primary N) is 1. The number of halogens is 2. The molecule has 0 aromatic heterocycles. The summed E-state index contributed by atoms with van der Waals surface area (Å²) >= 11 is 7.73. The Morgan fingerprint density at radius 3 is 2.73 bits per heavy atom. The molecule has 0 radical (unpaired) electrons. The van der Waals surface area contributed by atoms with Crippen LogP contribution in [-0.2, 0) is 0 Å². The van der Waals surface area contributed by atoms with Crippen molar-refractivity contribution >= 4 is 39.9 Å².